The molecule has 0 N–H and O–H groups in total. The van der Waals surface area contributed by atoms with Gasteiger partial charge in [0.15, 0.2) is 0 Å². The van der Waals surface area contributed by atoms with E-state index in [1.54, 1.807) is 0 Å². The van der Waals surface area contributed by atoms with Crippen molar-refractivity contribution in [3.05, 3.63) is 35.4 Å². The molecule has 0 aromatic heterocycles. The number of hydrogen-bond acceptors (Lipinski definition) is 2. The van der Waals surface area contributed by atoms with Gasteiger partial charge in [0.2, 0.25) is 5.91 Å². The first-order valence-electron chi connectivity index (χ1n) is 9.64. The van der Waals surface area contributed by atoms with Crippen LogP contribution >= 0.6 is 0 Å². The molecule has 1 unspecified atom stereocenters. The van der Waals surface area contributed by atoms with Crippen LogP contribution in [0.4, 0.5) is 0 Å². The molecule has 0 saturated carbocycles. The quantitative estimate of drug-likeness (QED) is 0.841. The standard InChI is InChI=1S/C21H32N2O/c1-16(2)14-18-8-11-22(12-9-18)21(24)17(3)23-13-10-19-6-4-5-7-20(19)15-23/h4-7,16-18H,8-15H2,1-3H3. The Kier molecular flexibility index (Phi) is 5.60. The largest absolute Gasteiger partial charge is 0.341 e. The normalized spacial score (nSPS) is 20.9. The minimum absolute atomic E-state index is 0.00000451. The van der Waals surface area contributed by atoms with Gasteiger partial charge in [-0.1, -0.05) is 38.1 Å². The lowest BCUT2D eigenvalue weighted by molar-refractivity contribution is -0.138. The topological polar surface area (TPSA) is 23.6 Å². The minimum Gasteiger partial charge on any atom is -0.341 e. The van der Waals surface area contributed by atoms with Gasteiger partial charge in [0, 0.05) is 26.2 Å². The molecule has 1 saturated heterocycles. The Labute approximate surface area is 147 Å². The van der Waals surface area contributed by atoms with Gasteiger partial charge in [-0.25, -0.2) is 0 Å². The molecular formula is C21H32N2O. The average Bonchev–Trinajstić information content (AvgIpc) is 2.60. The lowest BCUT2D eigenvalue weighted by Gasteiger charge is -2.38. The maximum Gasteiger partial charge on any atom is 0.239 e. The highest BCUT2D eigenvalue weighted by Gasteiger charge is 2.30. The summed E-state index contributed by atoms with van der Waals surface area (Å²) in [4.78, 5) is 17.4. The number of hydrogen-bond donors (Lipinski definition) is 0. The number of piperidine rings is 1. The number of rotatable bonds is 4. The van der Waals surface area contributed by atoms with Gasteiger partial charge in [0.05, 0.1) is 6.04 Å². The van der Waals surface area contributed by atoms with Gasteiger partial charge in [0.1, 0.15) is 0 Å². The van der Waals surface area contributed by atoms with Crippen molar-refractivity contribution in [2.75, 3.05) is 19.6 Å². The summed E-state index contributed by atoms with van der Waals surface area (Å²) in [5.74, 6) is 1.91. The van der Waals surface area contributed by atoms with Crippen LogP contribution in [0.2, 0.25) is 0 Å². The zero-order valence-electron chi connectivity index (χ0n) is 15.5. The van der Waals surface area contributed by atoms with E-state index < -0.39 is 0 Å². The summed E-state index contributed by atoms with van der Waals surface area (Å²) in [5, 5.41) is 0. The van der Waals surface area contributed by atoms with Crippen LogP contribution in [0.3, 0.4) is 0 Å². The van der Waals surface area contributed by atoms with Crippen LogP contribution in [-0.2, 0) is 17.8 Å². The minimum atomic E-state index is 0.00000451. The highest BCUT2D eigenvalue weighted by molar-refractivity contribution is 5.81. The van der Waals surface area contributed by atoms with Crippen LogP contribution in [-0.4, -0.2) is 41.4 Å². The Morgan fingerprint density at radius 2 is 1.75 bits per heavy atom. The third-order valence-corrected chi connectivity index (χ3v) is 5.80. The van der Waals surface area contributed by atoms with Crippen molar-refractivity contribution >= 4 is 5.91 Å². The molecule has 2 aliphatic heterocycles. The Balaban J connectivity index is 1.54. The highest BCUT2D eigenvalue weighted by Crippen LogP contribution is 2.26. The predicted octanol–water partition coefficient (Wildman–Crippen LogP) is 3.72. The second kappa shape index (κ2) is 7.69. The molecule has 132 valence electrons. The first kappa shape index (κ1) is 17.5. The van der Waals surface area contributed by atoms with Crippen molar-refractivity contribution in [2.24, 2.45) is 11.8 Å². The summed E-state index contributed by atoms with van der Waals surface area (Å²) in [5.41, 5.74) is 2.84. The fourth-order valence-corrected chi connectivity index (χ4v) is 4.32. The van der Waals surface area contributed by atoms with E-state index in [2.05, 4.69) is 54.8 Å². The Morgan fingerprint density at radius 1 is 1.08 bits per heavy atom. The molecule has 1 aromatic carbocycles. The molecule has 3 nitrogen and oxygen atoms in total. The van der Waals surface area contributed by atoms with Crippen LogP contribution in [0.1, 0.15) is 51.2 Å². The van der Waals surface area contributed by atoms with E-state index in [1.807, 2.05) is 0 Å². The second-order valence-corrected chi connectivity index (χ2v) is 8.06. The van der Waals surface area contributed by atoms with E-state index in [1.165, 1.54) is 30.4 Å². The van der Waals surface area contributed by atoms with E-state index in [4.69, 9.17) is 0 Å². The number of nitrogens with zero attached hydrogens (tertiary/aromatic N) is 2. The fraction of sp³-hybridized carbons (Fsp3) is 0.667. The van der Waals surface area contributed by atoms with E-state index in [0.717, 1.165) is 44.4 Å². The third-order valence-electron chi connectivity index (χ3n) is 5.80. The maximum absolute atomic E-state index is 12.9. The van der Waals surface area contributed by atoms with E-state index in [-0.39, 0.29) is 6.04 Å². The van der Waals surface area contributed by atoms with Crippen molar-refractivity contribution in [1.82, 2.24) is 9.80 Å². The third kappa shape index (κ3) is 4.00. The average molecular weight is 329 g/mol. The van der Waals surface area contributed by atoms with Crippen molar-refractivity contribution in [3.8, 4) is 0 Å². The van der Waals surface area contributed by atoms with Gasteiger partial charge in [-0.15, -0.1) is 0 Å². The van der Waals surface area contributed by atoms with Gasteiger partial charge in [0.25, 0.3) is 0 Å². The summed E-state index contributed by atoms with van der Waals surface area (Å²) >= 11 is 0. The molecule has 0 aliphatic carbocycles. The molecular weight excluding hydrogens is 296 g/mol. The summed E-state index contributed by atoms with van der Waals surface area (Å²) in [7, 11) is 0. The molecule has 0 bridgehead atoms. The molecule has 1 aromatic rings. The number of fused-ring (bicyclic) bond motifs is 1. The SMILES string of the molecule is CC(C)CC1CCN(C(=O)C(C)N2CCc3ccccc3C2)CC1. The molecule has 3 heteroatoms. The molecule has 2 aliphatic rings. The van der Waals surface area contributed by atoms with E-state index in [0.29, 0.717) is 5.91 Å². The molecule has 24 heavy (non-hydrogen) atoms. The molecule has 2 heterocycles. The fourth-order valence-electron chi connectivity index (χ4n) is 4.32. The highest BCUT2D eigenvalue weighted by atomic mass is 16.2. The summed E-state index contributed by atoms with van der Waals surface area (Å²) in [6.07, 6.45) is 4.73. The lowest BCUT2D eigenvalue weighted by Crippen LogP contribution is -2.50. The summed E-state index contributed by atoms with van der Waals surface area (Å²) < 4.78 is 0. The smallest absolute Gasteiger partial charge is 0.239 e. The van der Waals surface area contributed by atoms with Crippen LogP contribution in [0, 0.1) is 11.8 Å². The van der Waals surface area contributed by atoms with Crippen LogP contribution in [0.25, 0.3) is 0 Å². The molecule has 3 rings (SSSR count). The van der Waals surface area contributed by atoms with Crippen LogP contribution < -0.4 is 0 Å². The number of benzene rings is 1. The maximum atomic E-state index is 12.9. The number of likely N-dealkylation sites (tertiary alicyclic amines) is 1. The number of carbonyl (C=O) groups excluding carboxylic acids is 1. The van der Waals surface area contributed by atoms with Crippen molar-refractivity contribution < 1.29 is 4.79 Å². The first-order chi connectivity index (χ1) is 11.5. The summed E-state index contributed by atoms with van der Waals surface area (Å²) in [6.45, 7) is 10.5. The monoisotopic (exact) mass is 328 g/mol. The zero-order chi connectivity index (χ0) is 17.1. The van der Waals surface area contributed by atoms with Crippen molar-refractivity contribution in [1.29, 1.82) is 0 Å². The Hall–Kier alpha value is -1.35. The zero-order valence-corrected chi connectivity index (χ0v) is 15.5. The van der Waals surface area contributed by atoms with E-state index >= 15 is 0 Å². The number of carbonyl (C=O) groups is 1. The molecule has 0 spiro atoms. The first-order valence-corrected chi connectivity index (χ1v) is 9.64. The lowest BCUT2D eigenvalue weighted by atomic mass is 9.88. The van der Waals surface area contributed by atoms with Gasteiger partial charge >= 0.3 is 0 Å². The summed E-state index contributed by atoms with van der Waals surface area (Å²) in [6, 6.07) is 8.65. The van der Waals surface area contributed by atoms with Gasteiger partial charge in [-0.3, -0.25) is 9.69 Å². The second-order valence-electron chi connectivity index (χ2n) is 8.06. The van der Waals surface area contributed by atoms with Crippen molar-refractivity contribution in [3.63, 3.8) is 0 Å². The van der Waals surface area contributed by atoms with Gasteiger partial charge in [-0.2, -0.15) is 0 Å². The predicted molar refractivity (Wildman–Crippen MR) is 98.8 cm³/mol. The van der Waals surface area contributed by atoms with Gasteiger partial charge in [-0.05, 0) is 55.6 Å². The Morgan fingerprint density at radius 3 is 2.42 bits per heavy atom. The van der Waals surface area contributed by atoms with Crippen molar-refractivity contribution in [2.45, 2.75) is 59.0 Å². The van der Waals surface area contributed by atoms with Gasteiger partial charge < -0.3 is 4.90 Å². The molecule has 1 amide bonds. The van der Waals surface area contributed by atoms with Crippen LogP contribution in [0.5, 0.6) is 0 Å². The Bertz CT molecular complexity index is 561. The molecule has 0 radical (unpaired) electrons. The van der Waals surface area contributed by atoms with Crippen LogP contribution in [0.15, 0.2) is 24.3 Å². The molecule has 1 fully saturated rings. The molecule has 1 atom stereocenters. The van der Waals surface area contributed by atoms with E-state index in [9.17, 15) is 4.79 Å². The number of amides is 1.